The lowest BCUT2D eigenvalue weighted by molar-refractivity contribution is -0.121. The molecule has 1 N–H and O–H groups in total. The highest BCUT2D eigenvalue weighted by molar-refractivity contribution is 7.09. The van der Waals surface area contributed by atoms with Gasteiger partial charge in [0.1, 0.15) is 0 Å². The van der Waals surface area contributed by atoms with Gasteiger partial charge >= 0.3 is 0 Å². The van der Waals surface area contributed by atoms with Gasteiger partial charge in [0.2, 0.25) is 5.91 Å². The highest BCUT2D eigenvalue weighted by atomic mass is 32.1. The summed E-state index contributed by atoms with van der Waals surface area (Å²) in [7, 11) is 0. The molecule has 1 unspecified atom stereocenters. The lowest BCUT2D eigenvalue weighted by atomic mass is 10.0. The molecule has 1 heterocycles. The van der Waals surface area contributed by atoms with Crippen molar-refractivity contribution >= 4 is 17.2 Å². The fraction of sp³-hybridized carbons (Fsp3) is 0.714. The molecule has 18 heavy (non-hydrogen) atoms. The summed E-state index contributed by atoms with van der Waals surface area (Å²) in [6.07, 6.45) is 3.86. The van der Waals surface area contributed by atoms with Crippen LogP contribution in [0.1, 0.15) is 50.7 Å². The van der Waals surface area contributed by atoms with E-state index in [1.165, 1.54) is 12.8 Å². The Morgan fingerprint density at radius 1 is 1.39 bits per heavy atom. The first-order chi connectivity index (χ1) is 8.47. The third-order valence-electron chi connectivity index (χ3n) is 2.83. The summed E-state index contributed by atoms with van der Waals surface area (Å²) < 4.78 is 0. The molecule has 0 fully saturated rings. The molecule has 0 spiro atoms. The fourth-order valence-corrected chi connectivity index (χ4v) is 2.50. The normalized spacial score (nSPS) is 12.7. The number of hydrogen-bond acceptors (Lipinski definition) is 3. The molecule has 0 aromatic carbocycles. The van der Waals surface area contributed by atoms with E-state index in [0.29, 0.717) is 6.42 Å². The molecule has 1 atom stereocenters. The summed E-state index contributed by atoms with van der Waals surface area (Å²) in [5.74, 6) is 0.822. The lowest BCUT2D eigenvalue weighted by Gasteiger charge is -2.14. The summed E-state index contributed by atoms with van der Waals surface area (Å²) in [4.78, 5) is 16.1. The molecule has 1 amide bonds. The number of carbonyl (C=O) groups excluding carboxylic acids is 1. The number of carbonyl (C=O) groups is 1. The van der Waals surface area contributed by atoms with E-state index < -0.39 is 0 Å². The van der Waals surface area contributed by atoms with Crippen LogP contribution in [-0.2, 0) is 11.2 Å². The Balaban J connectivity index is 2.23. The molecular weight excluding hydrogens is 244 g/mol. The van der Waals surface area contributed by atoms with Crippen molar-refractivity contribution in [3.63, 3.8) is 0 Å². The zero-order valence-electron chi connectivity index (χ0n) is 11.8. The van der Waals surface area contributed by atoms with Crippen LogP contribution < -0.4 is 5.32 Å². The van der Waals surface area contributed by atoms with Crippen molar-refractivity contribution in [2.75, 3.05) is 0 Å². The number of aryl methyl sites for hydroxylation is 1. The second kappa shape index (κ2) is 7.52. The number of amides is 1. The lowest BCUT2D eigenvalue weighted by Crippen LogP contribution is -2.33. The van der Waals surface area contributed by atoms with Crippen LogP contribution in [0, 0.1) is 12.8 Å². The van der Waals surface area contributed by atoms with Gasteiger partial charge in [-0.25, -0.2) is 4.98 Å². The zero-order chi connectivity index (χ0) is 13.5. The summed E-state index contributed by atoms with van der Waals surface area (Å²) >= 11 is 1.59. The summed E-state index contributed by atoms with van der Waals surface area (Å²) in [6.45, 7) is 8.49. The predicted octanol–water partition coefficient (Wildman–Crippen LogP) is 3.33. The zero-order valence-corrected chi connectivity index (χ0v) is 12.6. The molecule has 0 aliphatic carbocycles. The Kier molecular flexibility index (Phi) is 6.33. The van der Waals surface area contributed by atoms with Crippen LogP contribution >= 0.6 is 11.3 Å². The molecule has 0 saturated carbocycles. The van der Waals surface area contributed by atoms with Crippen LogP contribution in [0.25, 0.3) is 0 Å². The van der Waals surface area contributed by atoms with Gasteiger partial charge in [0, 0.05) is 11.4 Å². The van der Waals surface area contributed by atoms with Gasteiger partial charge < -0.3 is 5.32 Å². The molecule has 0 saturated heterocycles. The van der Waals surface area contributed by atoms with Gasteiger partial charge in [-0.1, -0.05) is 26.7 Å². The molecule has 0 aliphatic rings. The van der Waals surface area contributed by atoms with Crippen LogP contribution in [0.2, 0.25) is 0 Å². The number of thiazole rings is 1. The smallest absolute Gasteiger partial charge is 0.226 e. The fourth-order valence-electron chi connectivity index (χ4n) is 1.88. The van der Waals surface area contributed by atoms with Crippen LogP contribution in [-0.4, -0.2) is 16.9 Å². The second-order valence-corrected chi connectivity index (χ2v) is 6.39. The Morgan fingerprint density at radius 3 is 2.67 bits per heavy atom. The van der Waals surface area contributed by atoms with Crippen molar-refractivity contribution in [1.29, 1.82) is 0 Å². The first-order valence-corrected chi connectivity index (χ1v) is 7.55. The van der Waals surface area contributed by atoms with Gasteiger partial charge in [-0.15, -0.1) is 11.3 Å². The molecule has 102 valence electrons. The van der Waals surface area contributed by atoms with Gasteiger partial charge in [-0.05, 0) is 26.2 Å². The Labute approximate surface area is 114 Å². The van der Waals surface area contributed by atoms with Crippen molar-refractivity contribution in [1.82, 2.24) is 10.3 Å². The van der Waals surface area contributed by atoms with Crippen LogP contribution in [0.3, 0.4) is 0 Å². The Morgan fingerprint density at radius 2 is 2.11 bits per heavy atom. The molecule has 1 aromatic heterocycles. The maximum Gasteiger partial charge on any atom is 0.226 e. The topological polar surface area (TPSA) is 42.0 Å². The van der Waals surface area contributed by atoms with E-state index in [-0.39, 0.29) is 11.9 Å². The number of rotatable bonds is 7. The van der Waals surface area contributed by atoms with Crippen molar-refractivity contribution in [3.05, 3.63) is 16.1 Å². The molecule has 1 aromatic rings. The number of aromatic nitrogens is 1. The minimum atomic E-state index is 0.0809. The molecule has 0 bridgehead atoms. The van der Waals surface area contributed by atoms with E-state index in [1.54, 1.807) is 11.3 Å². The quantitative estimate of drug-likeness (QED) is 0.824. The van der Waals surface area contributed by atoms with E-state index in [9.17, 15) is 4.79 Å². The van der Waals surface area contributed by atoms with E-state index in [4.69, 9.17) is 0 Å². The number of nitrogens with one attached hydrogen (secondary N) is 1. The number of nitrogens with zero attached hydrogens (tertiary/aromatic N) is 1. The average molecular weight is 268 g/mol. The van der Waals surface area contributed by atoms with E-state index >= 15 is 0 Å². The summed E-state index contributed by atoms with van der Waals surface area (Å²) in [5.41, 5.74) is 0.879. The van der Waals surface area contributed by atoms with Crippen LogP contribution in [0.4, 0.5) is 0 Å². The van der Waals surface area contributed by atoms with Crippen molar-refractivity contribution < 1.29 is 4.79 Å². The van der Waals surface area contributed by atoms with E-state index in [1.807, 2.05) is 12.3 Å². The highest BCUT2D eigenvalue weighted by Gasteiger charge is 2.10. The van der Waals surface area contributed by atoms with Crippen molar-refractivity contribution in [2.24, 2.45) is 5.92 Å². The summed E-state index contributed by atoms with van der Waals surface area (Å²) in [5, 5.41) is 6.01. The largest absolute Gasteiger partial charge is 0.353 e. The first-order valence-electron chi connectivity index (χ1n) is 6.67. The maximum atomic E-state index is 11.8. The van der Waals surface area contributed by atoms with E-state index in [0.717, 1.165) is 23.0 Å². The van der Waals surface area contributed by atoms with Crippen molar-refractivity contribution in [2.45, 2.75) is 59.4 Å². The van der Waals surface area contributed by atoms with Gasteiger partial charge in [0.25, 0.3) is 0 Å². The van der Waals surface area contributed by atoms with Gasteiger partial charge in [-0.3, -0.25) is 4.79 Å². The molecule has 0 radical (unpaired) electrons. The minimum absolute atomic E-state index is 0.0809. The predicted molar refractivity (Wildman–Crippen MR) is 76.8 cm³/mol. The minimum Gasteiger partial charge on any atom is -0.353 e. The van der Waals surface area contributed by atoms with Crippen LogP contribution in [0.15, 0.2) is 5.38 Å². The average Bonchev–Trinajstić information content (AvgIpc) is 2.62. The molecular formula is C14H24N2OS. The number of hydrogen-bond donors (Lipinski definition) is 1. The standard InChI is InChI=1S/C14H24N2OS/c1-10(2)6-5-7-11(3)15-14(17)8-13-9-18-12(4)16-13/h9-11H,5-8H2,1-4H3,(H,15,17). The maximum absolute atomic E-state index is 11.8. The summed E-state index contributed by atoms with van der Waals surface area (Å²) in [6, 6.07) is 0.260. The Bertz CT molecular complexity index is 374. The van der Waals surface area contributed by atoms with E-state index in [2.05, 4.69) is 31.1 Å². The highest BCUT2D eigenvalue weighted by Crippen LogP contribution is 2.10. The van der Waals surface area contributed by atoms with Crippen LogP contribution in [0.5, 0.6) is 0 Å². The molecule has 1 rings (SSSR count). The monoisotopic (exact) mass is 268 g/mol. The molecule has 4 heteroatoms. The third kappa shape index (κ3) is 6.15. The van der Waals surface area contributed by atoms with Gasteiger partial charge in [0.05, 0.1) is 17.1 Å². The first kappa shape index (κ1) is 15.2. The van der Waals surface area contributed by atoms with Gasteiger partial charge in [0.15, 0.2) is 0 Å². The molecule has 0 aliphatic heterocycles. The van der Waals surface area contributed by atoms with Gasteiger partial charge in [-0.2, -0.15) is 0 Å². The second-order valence-electron chi connectivity index (χ2n) is 5.33. The van der Waals surface area contributed by atoms with Crippen molar-refractivity contribution in [3.8, 4) is 0 Å². The third-order valence-corrected chi connectivity index (χ3v) is 3.66. The molecule has 3 nitrogen and oxygen atoms in total. The Hall–Kier alpha value is -0.900. The SMILES string of the molecule is Cc1nc(CC(=O)NC(C)CCCC(C)C)cs1.